The van der Waals surface area contributed by atoms with E-state index in [4.69, 9.17) is 23.2 Å². The predicted octanol–water partition coefficient (Wildman–Crippen LogP) is 3.16. The summed E-state index contributed by atoms with van der Waals surface area (Å²) in [6, 6.07) is 3.15. The standard InChI is InChI=1S/C12H14Cl2N2O/c1-12(2)5-7(12)6-15-11(17)8-3-4-9(13)16-10(8)14/h3-4,7H,5-6H2,1-2H3,(H,15,17). The van der Waals surface area contributed by atoms with E-state index in [0.29, 0.717) is 23.4 Å². The van der Waals surface area contributed by atoms with Gasteiger partial charge in [0.25, 0.3) is 5.91 Å². The molecule has 1 unspecified atom stereocenters. The van der Waals surface area contributed by atoms with E-state index in [1.54, 1.807) is 12.1 Å². The zero-order valence-electron chi connectivity index (χ0n) is 9.76. The van der Waals surface area contributed by atoms with Gasteiger partial charge >= 0.3 is 0 Å². The molecule has 1 atom stereocenters. The van der Waals surface area contributed by atoms with Crippen LogP contribution < -0.4 is 5.32 Å². The number of nitrogens with one attached hydrogen (secondary N) is 1. The second-order valence-corrected chi connectivity index (χ2v) is 5.82. The van der Waals surface area contributed by atoms with Crippen LogP contribution in [0.2, 0.25) is 10.3 Å². The van der Waals surface area contributed by atoms with Crippen LogP contribution in [-0.4, -0.2) is 17.4 Å². The van der Waals surface area contributed by atoms with Gasteiger partial charge in [0.15, 0.2) is 0 Å². The Labute approximate surface area is 111 Å². The van der Waals surface area contributed by atoms with Crippen molar-refractivity contribution in [1.29, 1.82) is 0 Å². The highest BCUT2D eigenvalue weighted by molar-refractivity contribution is 6.34. The van der Waals surface area contributed by atoms with E-state index in [2.05, 4.69) is 24.1 Å². The zero-order chi connectivity index (χ0) is 12.6. The smallest absolute Gasteiger partial charge is 0.254 e. The summed E-state index contributed by atoms with van der Waals surface area (Å²) in [5, 5.41) is 3.30. The highest BCUT2D eigenvalue weighted by Crippen LogP contribution is 2.50. The van der Waals surface area contributed by atoms with Crippen LogP contribution in [0.3, 0.4) is 0 Å². The average molecular weight is 273 g/mol. The Hall–Kier alpha value is -0.800. The van der Waals surface area contributed by atoms with Crippen molar-refractivity contribution in [3.8, 4) is 0 Å². The highest BCUT2D eigenvalue weighted by atomic mass is 35.5. The van der Waals surface area contributed by atoms with Gasteiger partial charge in [-0.05, 0) is 29.9 Å². The summed E-state index contributed by atoms with van der Waals surface area (Å²) in [6.45, 7) is 5.08. The lowest BCUT2D eigenvalue weighted by Crippen LogP contribution is -2.27. The van der Waals surface area contributed by atoms with Gasteiger partial charge in [-0.25, -0.2) is 4.98 Å². The van der Waals surface area contributed by atoms with Crippen LogP contribution in [-0.2, 0) is 0 Å². The Morgan fingerprint density at radius 2 is 2.18 bits per heavy atom. The number of carbonyl (C=O) groups is 1. The normalized spacial score (nSPS) is 21.1. The molecule has 1 amide bonds. The number of hydrogen-bond donors (Lipinski definition) is 1. The molecule has 0 bridgehead atoms. The molecule has 92 valence electrons. The maximum atomic E-state index is 11.8. The molecule has 0 spiro atoms. The van der Waals surface area contributed by atoms with Gasteiger partial charge in [-0.2, -0.15) is 0 Å². The third-order valence-corrected chi connectivity index (χ3v) is 3.78. The second-order valence-electron chi connectivity index (χ2n) is 5.07. The lowest BCUT2D eigenvalue weighted by atomic mass is 10.1. The summed E-state index contributed by atoms with van der Waals surface area (Å²) in [7, 11) is 0. The van der Waals surface area contributed by atoms with E-state index in [-0.39, 0.29) is 16.2 Å². The summed E-state index contributed by atoms with van der Waals surface area (Å²) in [5.41, 5.74) is 0.726. The Morgan fingerprint density at radius 1 is 1.53 bits per heavy atom. The fourth-order valence-electron chi connectivity index (χ4n) is 1.82. The first kappa shape index (κ1) is 12.7. The number of carbonyl (C=O) groups excluding carboxylic acids is 1. The van der Waals surface area contributed by atoms with Crippen LogP contribution in [0.1, 0.15) is 30.6 Å². The minimum Gasteiger partial charge on any atom is -0.352 e. The van der Waals surface area contributed by atoms with Crippen LogP contribution >= 0.6 is 23.2 Å². The maximum Gasteiger partial charge on any atom is 0.254 e. The van der Waals surface area contributed by atoms with Crippen LogP contribution in [0.4, 0.5) is 0 Å². The number of halogens is 2. The molecular formula is C12H14Cl2N2O. The Morgan fingerprint density at radius 3 is 2.71 bits per heavy atom. The molecule has 1 aromatic heterocycles. The van der Waals surface area contributed by atoms with Crippen LogP contribution in [0.5, 0.6) is 0 Å². The van der Waals surface area contributed by atoms with E-state index in [1.165, 1.54) is 0 Å². The minimum absolute atomic E-state index is 0.144. The van der Waals surface area contributed by atoms with Gasteiger partial charge in [0.05, 0.1) is 5.56 Å². The molecule has 1 N–H and O–H groups in total. The summed E-state index contributed by atoms with van der Waals surface area (Å²) in [4.78, 5) is 15.7. The number of aromatic nitrogens is 1. The molecule has 1 aliphatic carbocycles. The van der Waals surface area contributed by atoms with Crippen molar-refractivity contribution in [1.82, 2.24) is 10.3 Å². The minimum atomic E-state index is -0.193. The monoisotopic (exact) mass is 272 g/mol. The van der Waals surface area contributed by atoms with E-state index >= 15 is 0 Å². The fraction of sp³-hybridized carbons (Fsp3) is 0.500. The van der Waals surface area contributed by atoms with Gasteiger partial charge in [0.1, 0.15) is 10.3 Å². The van der Waals surface area contributed by atoms with Gasteiger partial charge < -0.3 is 5.32 Å². The van der Waals surface area contributed by atoms with E-state index < -0.39 is 0 Å². The molecule has 1 saturated carbocycles. The van der Waals surface area contributed by atoms with Gasteiger partial charge in [-0.3, -0.25) is 4.79 Å². The molecule has 0 aliphatic heterocycles. The summed E-state index contributed by atoms with van der Waals surface area (Å²) >= 11 is 11.5. The molecular weight excluding hydrogens is 259 g/mol. The lowest BCUT2D eigenvalue weighted by Gasteiger charge is -2.07. The first-order valence-corrected chi connectivity index (χ1v) is 6.26. The topological polar surface area (TPSA) is 42.0 Å². The molecule has 0 radical (unpaired) electrons. The number of amides is 1. The number of rotatable bonds is 3. The van der Waals surface area contributed by atoms with Crippen LogP contribution in [0.25, 0.3) is 0 Å². The van der Waals surface area contributed by atoms with E-state index in [0.717, 1.165) is 6.42 Å². The van der Waals surface area contributed by atoms with Crippen molar-refractivity contribution in [3.63, 3.8) is 0 Å². The molecule has 1 aromatic rings. The second kappa shape index (κ2) is 4.46. The third kappa shape index (κ3) is 2.90. The first-order chi connectivity index (χ1) is 7.90. The average Bonchev–Trinajstić information content (AvgIpc) is 2.83. The maximum absolute atomic E-state index is 11.8. The molecule has 1 aliphatic rings. The molecule has 2 rings (SSSR count). The zero-order valence-corrected chi connectivity index (χ0v) is 11.3. The summed E-state index contributed by atoms with van der Waals surface area (Å²) in [5.74, 6) is 0.368. The van der Waals surface area contributed by atoms with Gasteiger partial charge in [-0.15, -0.1) is 0 Å². The molecule has 17 heavy (non-hydrogen) atoms. The van der Waals surface area contributed by atoms with E-state index in [9.17, 15) is 4.79 Å². The third-order valence-electron chi connectivity index (χ3n) is 3.29. The van der Waals surface area contributed by atoms with Crippen molar-refractivity contribution < 1.29 is 4.79 Å². The van der Waals surface area contributed by atoms with Crippen molar-refractivity contribution >= 4 is 29.1 Å². The molecule has 5 heteroatoms. The van der Waals surface area contributed by atoms with Gasteiger partial charge in [0.2, 0.25) is 0 Å². The fourth-order valence-corrected chi connectivity index (χ4v) is 2.25. The van der Waals surface area contributed by atoms with E-state index in [1.807, 2.05) is 0 Å². The molecule has 1 fully saturated rings. The Bertz CT molecular complexity index is 460. The predicted molar refractivity (Wildman–Crippen MR) is 68.5 cm³/mol. The number of hydrogen-bond acceptors (Lipinski definition) is 2. The molecule has 0 saturated heterocycles. The Balaban J connectivity index is 1.96. The van der Waals surface area contributed by atoms with Crippen LogP contribution in [0.15, 0.2) is 12.1 Å². The lowest BCUT2D eigenvalue weighted by molar-refractivity contribution is 0.0950. The van der Waals surface area contributed by atoms with Crippen molar-refractivity contribution in [2.45, 2.75) is 20.3 Å². The van der Waals surface area contributed by atoms with Gasteiger partial charge in [0, 0.05) is 6.54 Å². The quantitative estimate of drug-likeness (QED) is 0.859. The first-order valence-electron chi connectivity index (χ1n) is 5.50. The Kier molecular flexibility index (Phi) is 3.32. The molecule has 0 aromatic carbocycles. The van der Waals surface area contributed by atoms with Crippen molar-refractivity contribution in [2.75, 3.05) is 6.54 Å². The number of pyridine rings is 1. The van der Waals surface area contributed by atoms with Crippen molar-refractivity contribution in [3.05, 3.63) is 28.0 Å². The van der Waals surface area contributed by atoms with Crippen LogP contribution in [0, 0.1) is 11.3 Å². The molecule has 3 nitrogen and oxygen atoms in total. The largest absolute Gasteiger partial charge is 0.352 e. The summed E-state index contributed by atoms with van der Waals surface area (Å²) < 4.78 is 0. The summed E-state index contributed by atoms with van der Waals surface area (Å²) in [6.07, 6.45) is 1.15. The molecule has 1 heterocycles. The SMILES string of the molecule is CC1(C)CC1CNC(=O)c1ccc(Cl)nc1Cl. The van der Waals surface area contributed by atoms with Crippen molar-refractivity contribution in [2.24, 2.45) is 11.3 Å². The highest BCUT2D eigenvalue weighted by Gasteiger charge is 2.45. The van der Waals surface area contributed by atoms with Gasteiger partial charge in [-0.1, -0.05) is 37.0 Å². The number of nitrogens with zero attached hydrogens (tertiary/aromatic N) is 1.